The number of aliphatic carboxylic acids is 1. The lowest BCUT2D eigenvalue weighted by Gasteiger charge is -2.27. The average Bonchev–Trinajstić information content (AvgIpc) is 2.78. The van der Waals surface area contributed by atoms with E-state index in [2.05, 4.69) is 19.7 Å². The Morgan fingerprint density at radius 3 is 1.58 bits per heavy atom. The van der Waals surface area contributed by atoms with Gasteiger partial charge in [-0.05, 0) is 34.1 Å². The van der Waals surface area contributed by atoms with Crippen molar-refractivity contribution < 1.29 is 38.7 Å². The van der Waals surface area contributed by atoms with Gasteiger partial charge in [0, 0.05) is 39.6 Å². The van der Waals surface area contributed by atoms with E-state index in [9.17, 15) is 9.59 Å². The van der Waals surface area contributed by atoms with Crippen molar-refractivity contribution in [2.24, 2.45) is 0 Å². The minimum atomic E-state index is -0.849. The van der Waals surface area contributed by atoms with Gasteiger partial charge in [-0.1, -0.05) is 43.9 Å². The number of carboxylic acids is 1. The van der Waals surface area contributed by atoms with Gasteiger partial charge in [-0.3, -0.25) is 9.59 Å². The van der Waals surface area contributed by atoms with Crippen LogP contribution in [0.25, 0.3) is 0 Å². The fourth-order valence-electron chi connectivity index (χ4n) is 1.63. The molecule has 2 N–H and O–H groups in total. The molecule has 8 nitrogen and oxygen atoms in total. The van der Waals surface area contributed by atoms with Crippen molar-refractivity contribution in [3.63, 3.8) is 0 Å². The summed E-state index contributed by atoms with van der Waals surface area (Å²) in [4.78, 5) is 20.1. The van der Waals surface area contributed by atoms with Gasteiger partial charge in [0.15, 0.2) is 0 Å². The smallest absolute Gasteiger partial charge is 0.306 e. The zero-order valence-corrected chi connectivity index (χ0v) is 21.4. The molecular weight excluding hydrogens is 428 g/mol. The van der Waals surface area contributed by atoms with Crippen molar-refractivity contribution >= 4 is 11.9 Å². The number of hydrogen-bond donors (Lipinski definition) is 2. The third-order valence-corrected chi connectivity index (χ3v) is 3.10. The summed E-state index contributed by atoms with van der Waals surface area (Å²) in [7, 11) is 0. The molecular formula is C25H46O8. The average molecular weight is 475 g/mol. The first kappa shape index (κ1) is 38.0. The van der Waals surface area contributed by atoms with Crippen LogP contribution in [0.15, 0.2) is 50.1 Å². The Balaban J connectivity index is -0.000000179. The molecule has 0 aromatic carbocycles. The minimum Gasteiger partial charge on any atom is -0.481 e. The molecule has 33 heavy (non-hydrogen) atoms. The highest BCUT2D eigenvalue weighted by atomic mass is 16.9. The largest absolute Gasteiger partial charge is 0.481 e. The van der Waals surface area contributed by atoms with E-state index in [4.69, 9.17) is 29.2 Å². The quantitative estimate of drug-likeness (QED) is 0.156. The summed E-state index contributed by atoms with van der Waals surface area (Å²) in [5, 5.41) is 16.2. The van der Waals surface area contributed by atoms with Crippen LogP contribution in [0.5, 0.6) is 0 Å². The first-order valence-electron chi connectivity index (χ1n) is 11.1. The lowest BCUT2D eigenvalue weighted by Crippen LogP contribution is -2.35. The minimum absolute atomic E-state index is 0.138. The highest BCUT2D eigenvalue weighted by Gasteiger charge is 2.24. The Bertz CT molecular complexity index is 490. The van der Waals surface area contributed by atoms with Gasteiger partial charge in [0.05, 0.1) is 12.7 Å². The third-order valence-electron chi connectivity index (χ3n) is 3.10. The van der Waals surface area contributed by atoms with Gasteiger partial charge in [0.2, 0.25) is 0 Å². The molecule has 0 rings (SSSR count). The molecule has 0 aromatic heterocycles. The standard InChI is InChI=1S/C9H14O2.C8H18O3.C5H8O.C3H6O2/c1-3-5-6-7-8-9(10)11-4-2;1-5-9-8(4,10-6-2)11-7-3;1-3-5(6)4-2;1-2-3(4)5/h3,5-6H,1,4,7-8H2,2H3;5-7H2,1-4H3;3-6H,1-2H2;2H2,1H3,(H,4,5)/b6-5+;;;. The Hall–Kier alpha value is -2.26. The van der Waals surface area contributed by atoms with Crippen molar-refractivity contribution in [3.05, 3.63) is 50.1 Å². The second kappa shape index (κ2) is 29.7. The highest BCUT2D eigenvalue weighted by Crippen LogP contribution is 2.13. The number of allylic oxidation sites excluding steroid dienone is 3. The number of aliphatic hydroxyl groups is 1. The number of carbonyl (C=O) groups is 2. The van der Waals surface area contributed by atoms with Gasteiger partial charge in [-0.15, -0.1) is 13.2 Å². The topological polar surface area (TPSA) is 112 Å². The lowest BCUT2D eigenvalue weighted by atomic mass is 10.3. The maximum Gasteiger partial charge on any atom is 0.306 e. The Morgan fingerprint density at radius 2 is 1.33 bits per heavy atom. The van der Waals surface area contributed by atoms with Crippen molar-refractivity contribution in [1.29, 1.82) is 0 Å². The molecule has 0 aromatic rings. The van der Waals surface area contributed by atoms with E-state index in [0.29, 0.717) is 32.8 Å². The van der Waals surface area contributed by atoms with Gasteiger partial charge < -0.3 is 29.2 Å². The van der Waals surface area contributed by atoms with Gasteiger partial charge in [0.1, 0.15) is 0 Å². The van der Waals surface area contributed by atoms with Gasteiger partial charge in [-0.2, -0.15) is 0 Å². The monoisotopic (exact) mass is 474 g/mol. The van der Waals surface area contributed by atoms with Crippen LogP contribution >= 0.6 is 0 Å². The summed E-state index contributed by atoms with van der Waals surface area (Å²) < 4.78 is 20.5. The first-order chi connectivity index (χ1) is 15.6. The van der Waals surface area contributed by atoms with E-state index < -0.39 is 18.0 Å². The highest BCUT2D eigenvalue weighted by molar-refractivity contribution is 5.69. The maximum atomic E-state index is 10.7. The lowest BCUT2D eigenvalue weighted by molar-refractivity contribution is -0.365. The second-order valence-corrected chi connectivity index (χ2v) is 5.88. The molecule has 0 atom stereocenters. The molecule has 0 radical (unpaired) electrons. The molecule has 0 saturated carbocycles. The summed E-state index contributed by atoms with van der Waals surface area (Å²) >= 11 is 0. The molecule has 0 bridgehead atoms. The number of rotatable bonds is 14. The summed E-state index contributed by atoms with van der Waals surface area (Å²) in [5.41, 5.74) is 0. The molecule has 0 fully saturated rings. The van der Waals surface area contributed by atoms with Crippen molar-refractivity contribution in [2.45, 2.75) is 72.9 Å². The molecule has 0 amide bonds. The van der Waals surface area contributed by atoms with E-state index in [0.717, 1.165) is 6.42 Å². The van der Waals surface area contributed by atoms with E-state index in [1.165, 1.54) is 12.2 Å². The van der Waals surface area contributed by atoms with Crippen LogP contribution in [0.3, 0.4) is 0 Å². The van der Waals surface area contributed by atoms with E-state index in [1.54, 1.807) is 26.8 Å². The summed E-state index contributed by atoms with van der Waals surface area (Å²) in [6.45, 7) is 23.3. The van der Waals surface area contributed by atoms with Crippen LogP contribution in [-0.4, -0.2) is 60.7 Å². The molecule has 0 unspecified atom stereocenters. The van der Waals surface area contributed by atoms with Crippen LogP contribution in [0.4, 0.5) is 0 Å². The summed E-state index contributed by atoms with van der Waals surface area (Å²) in [6.07, 6.45) is 9.09. The molecule has 8 heteroatoms. The van der Waals surface area contributed by atoms with E-state index >= 15 is 0 Å². The number of carbonyl (C=O) groups excluding carboxylic acids is 1. The number of carboxylic acid groups (broad SMARTS) is 1. The Morgan fingerprint density at radius 1 is 0.909 bits per heavy atom. The molecule has 0 aliphatic carbocycles. The molecule has 0 aliphatic heterocycles. The molecule has 0 aliphatic rings. The summed E-state index contributed by atoms with van der Waals surface area (Å²) in [6, 6.07) is 0. The summed E-state index contributed by atoms with van der Waals surface area (Å²) in [5.74, 6) is -1.73. The molecule has 0 saturated heterocycles. The second-order valence-electron chi connectivity index (χ2n) is 5.88. The molecule has 0 heterocycles. The maximum absolute atomic E-state index is 10.7. The fraction of sp³-hybridized carbons (Fsp3) is 0.600. The van der Waals surface area contributed by atoms with E-state index in [1.807, 2.05) is 32.9 Å². The zero-order chi connectivity index (χ0) is 26.5. The number of hydrogen-bond acceptors (Lipinski definition) is 7. The van der Waals surface area contributed by atoms with Gasteiger partial charge in [-0.25, -0.2) is 0 Å². The van der Waals surface area contributed by atoms with Crippen LogP contribution in [0, 0.1) is 0 Å². The third kappa shape index (κ3) is 37.4. The zero-order valence-electron chi connectivity index (χ0n) is 21.4. The SMILES string of the molecule is C=C/C=C/CCC(=O)OCC.C=CC(O)C=C.CCC(=O)O.CCOC(C)(OCC)OCC. The number of esters is 1. The molecule has 194 valence electrons. The predicted octanol–water partition coefficient (Wildman–Crippen LogP) is 5.04. The van der Waals surface area contributed by atoms with Crippen molar-refractivity contribution in [1.82, 2.24) is 0 Å². The van der Waals surface area contributed by atoms with E-state index in [-0.39, 0.29) is 12.4 Å². The number of aliphatic hydroxyl groups excluding tert-OH is 1. The molecule has 0 spiro atoms. The normalized spacial score (nSPS) is 9.94. The van der Waals surface area contributed by atoms with Crippen molar-refractivity contribution in [3.8, 4) is 0 Å². The van der Waals surface area contributed by atoms with Crippen molar-refractivity contribution in [2.75, 3.05) is 26.4 Å². The van der Waals surface area contributed by atoms with Crippen LogP contribution < -0.4 is 0 Å². The van der Waals surface area contributed by atoms with Crippen LogP contribution in [-0.2, 0) is 28.5 Å². The Kier molecular flexibility index (Phi) is 34.3. The fourth-order valence-corrected chi connectivity index (χ4v) is 1.63. The van der Waals surface area contributed by atoms with Gasteiger partial charge >= 0.3 is 11.9 Å². The van der Waals surface area contributed by atoms with Gasteiger partial charge in [0.25, 0.3) is 5.97 Å². The first-order valence-corrected chi connectivity index (χ1v) is 11.1. The Labute approximate surface area is 200 Å². The van der Waals surface area contributed by atoms with Crippen LogP contribution in [0.2, 0.25) is 0 Å². The predicted molar refractivity (Wildman–Crippen MR) is 133 cm³/mol. The number of ether oxygens (including phenoxy) is 4. The van der Waals surface area contributed by atoms with Crippen LogP contribution in [0.1, 0.15) is 60.8 Å².